The number of benzene rings is 2. The van der Waals surface area contributed by atoms with Gasteiger partial charge in [-0.3, -0.25) is 0 Å². The van der Waals surface area contributed by atoms with E-state index in [2.05, 4.69) is 53.0 Å². The molecule has 0 fully saturated rings. The zero-order valence-electron chi connectivity index (χ0n) is 19.2. The Kier molecular flexibility index (Phi) is 7.73. The number of ether oxygens (including phenoxy) is 1. The van der Waals surface area contributed by atoms with Crippen LogP contribution in [0.2, 0.25) is 5.02 Å². The van der Waals surface area contributed by atoms with Crippen LogP contribution in [0.1, 0.15) is 56.8 Å². The second kappa shape index (κ2) is 10.7. The van der Waals surface area contributed by atoms with Gasteiger partial charge in [-0.1, -0.05) is 67.5 Å². The zero-order chi connectivity index (χ0) is 23.4. The molecule has 33 heavy (non-hydrogen) atoms. The molecule has 2 aromatic carbocycles. The summed E-state index contributed by atoms with van der Waals surface area (Å²) in [6, 6.07) is 16.1. The fourth-order valence-electron chi connectivity index (χ4n) is 3.46. The molecule has 0 amide bonds. The van der Waals surface area contributed by atoms with Crippen LogP contribution in [0.4, 0.5) is 0 Å². The monoisotopic (exact) mass is 498 g/mol. The molecule has 172 valence electrons. The van der Waals surface area contributed by atoms with Gasteiger partial charge in [0, 0.05) is 23.2 Å². The van der Waals surface area contributed by atoms with E-state index in [1.807, 2.05) is 43.3 Å². The Balaban J connectivity index is 1.43. The van der Waals surface area contributed by atoms with E-state index in [0.29, 0.717) is 16.7 Å². The van der Waals surface area contributed by atoms with Crippen molar-refractivity contribution >= 4 is 34.7 Å². The Labute approximate surface area is 208 Å². The van der Waals surface area contributed by atoms with Crippen LogP contribution in [0.15, 0.2) is 59.1 Å². The third-order valence-electron chi connectivity index (χ3n) is 5.29. The molecule has 0 spiro atoms. The van der Waals surface area contributed by atoms with Crippen molar-refractivity contribution in [1.29, 1.82) is 0 Å². The fourth-order valence-corrected chi connectivity index (χ4v) is 5.61. The summed E-state index contributed by atoms with van der Waals surface area (Å²) in [5.74, 6) is 2.87. The molecule has 0 aliphatic carbocycles. The van der Waals surface area contributed by atoms with Gasteiger partial charge >= 0.3 is 0 Å². The molecule has 4 aromatic rings. The minimum absolute atomic E-state index is 0.206. The number of rotatable bonds is 9. The average Bonchev–Trinajstić information content (AvgIpc) is 3.45. The third-order valence-corrected chi connectivity index (χ3v) is 7.54. The standard InChI is InChI=1S/C25H27ClN4OS2/c1-5-30-23(17(4)31-20-12-10-18(11-13-20)16(2)3)28-29-25(30)33-15-19-14-32-24(27-19)21-8-6-7-9-22(21)26/h6-14,16-17H,5,15H2,1-4H3. The van der Waals surface area contributed by atoms with Crippen LogP contribution in [0.3, 0.4) is 0 Å². The lowest BCUT2D eigenvalue weighted by Gasteiger charge is -2.16. The topological polar surface area (TPSA) is 52.8 Å². The van der Waals surface area contributed by atoms with E-state index in [1.54, 1.807) is 23.1 Å². The minimum atomic E-state index is -0.206. The maximum atomic E-state index is 6.32. The van der Waals surface area contributed by atoms with E-state index in [9.17, 15) is 0 Å². The summed E-state index contributed by atoms with van der Waals surface area (Å²) >= 11 is 9.56. The van der Waals surface area contributed by atoms with Crippen LogP contribution in [0, 0.1) is 0 Å². The van der Waals surface area contributed by atoms with Gasteiger partial charge in [-0.05, 0) is 43.5 Å². The summed E-state index contributed by atoms with van der Waals surface area (Å²) < 4.78 is 8.27. The molecule has 2 aromatic heterocycles. The SMILES string of the molecule is CCn1c(SCc2csc(-c3ccccc3Cl)n2)nnc1C(C)Oc1ccc(C(C)C)cc1. The van der Waals surface area contributed by atoms with Gasteiger partial charge in [-0.15, -0.1) is 21.5 Å². The average molecular weight is 499 g/mol. The minimum Gasteiger partial charge on any atom is -0.483 e. The number of halogens is 1. The van der Waals surface area contributed by atoms with Crippen molar-refractivity contribution in [3.05, 3.63) is 76.0 Å². The van der Waals surface area contributed by atoms with Gasteiger partial charge in [-0.25, -0.2) is 4.98 Å². The van der Waals surface area contributed by atoms with Crippen LogP contribution in [-0.2, 0) is 12.3 Å². The van der Waals surface area contributed by atoms with Crippen molar-refractivity contribution in [2.45, 2.75) is 57.2 Å². The first-order valence-electron chi connectivity index (χ1n) is 11.0. The second-order valence-electron chi connectivity index (χ2n) is 7.98. The summed E-state index contributed by atoms with van der Waals surface area (Å²) in [4.78, 5) is 4.76. The molecule has 0 saturated heterocycles. The zero-order valence-corrected chi connectivity index (χ0v) is 21.5. The van der Waals surface area contributed by atoms with Crippen molar-refractivity contribution in [2.24, 2.45) is 0 Å². The van der Waals surface area contributed by atoms with Gasteiger partial charge < -0.3 is 9.30 Å². The van der Waals surface area contributed by atoms with Gasteiger partial charge in [0.15, 0.2) is 17.1 Å². The van der Waals surface area contributed by atoms with E-state index in [0.717, 1.165) is 39.5 Å². The summed E-state index contributed by atoms with van der Waals surface area (Å²) in [5, 5.41) is 13.5. The Morgan fingerprint density at radius 1 is 1.06 bits per heavy atom. The lowest BCUT2D eigenvalue weighted by molar-refractivity contribution is 0.210. The highest BCUT2D eigenvalue weighted by Crippen LogP contribution is 2.32. The largest absolute Gasteiger partial charge is 0.483 e. The maximum Gasteiger partial charge on any atom is 0.191 e. The second-order valence-corrected chi connectivity index (χ2v) is 10.2. The number of nitrogens with zero attached hydrogens (tertiary/aromatic N) is 4. The summed E-state index contributed by atoms with van der Waals surface area (Å²) in [6.45, 7) is 9.25. The molecule has 0 bridgehead atoms. The third kappa shape index (κ3) is 5.60. The molecule has 0 saturated carbocycles. The van der Waals surface area contributed by atoms with Crippen molar-refractivity contribution in [3.63, 3.8) is 0 Å². The number of hydrogen-bond acceptors (Lipinski definition) is 6. The van der Waals surface area contributed by atoms with Crippen LogP contribution < -0.4 is 4.74 Å². The summed E-state index contributed by atoms with van der Waals surface area (Å²) in [7, 11) is 0. The van der Waals surface area contributed by atoms with Crippen LogP contribution in [0.5, 0.6) is 5.75 Å². The Morgan fingerprint density at radius 2 is 1.82 bits per heavy atom. The molecular weight excluding hydrogens is 472 g/mol. The van der Waals surface area contributed by atoms with E-state index < -0.39 is 0 Å². The number of thioether (sulfide) groups is 1. The molecule has 2 heterocycles. The normalized spacial score (nSPS) is 12.3. The van der Waals surface area contributed by atoms with E-state index in [1.165, 1.54) is 5.56 Å². The quantitative estimate of drug-likeness (QED) is 0.222. The molecule has 0 aliphatic heterocycles. The molecule has 8 heteroatoms. The Bertz CT molecular complexity index is 1200. The van der Waals surface area contributed by atoms with Crippen molar-refractivity contribution < 1.29 is 4.74 Å². The highest BCUT2D eigenvalue weighted by molar-refractivity contribution is 7.98. The molecule has 5 nitrogen and oxygen atoms in total. The van der Waals surface area contributed by atoms with Crippen molar-refractivity contribution in [1.82, 2.24) is 19.7 Å². The molecule has 1 unspecified atom stereocenters. The molecule has 4 rings (SSSR count). The number of thiazole rings is 1. The van der Waals surface area contributed by atoms with E-state index >= 15 is 0 Å². The van der Waals surface area contributed by atoms with Crippen LogP contribution in [-0.4, -0.2) is 19.7 Å². The van der Waals surface area contributed by atoms with Gasteiger partial charge in [0.05, 0.1) is 10.7 Å². The van der Waals surface area contributed by atoms with Crippen LogP contribution in [0.25, 0.3) is 10.6 Å². The van der Waals surface area contributed by atoms with Crippen molar-refractivity contribution in [2.75, 3.05) is 0 Å². The maximum absolute atomic E-state index is 6.32. The molecule has 0 N–H and O–H groups in total. The predicted octanol–water partition coefficient (Wildman–Crippen LogP) is 7.63. The first kappa shape index (κ1) is 23.8. The number of aromatic nitrogens is 4. The van der Waals surface area contributed by atoms with Gasteiger partial charge in [-0.2, -0.15) is 0 Å². The lowest BCUT2D eigenvalue weighted by Crippen LogP contribution is -2.12. The van der Waals surface area contributed by atoms with Gasteiger partial charge in [0.25, 0.3) is 0 Å². The molecular formula is C25H27ClN4OS2. The van der Waals surface area contributed by atoms with Gasteiger partial charge in [0.1, 0.15) is 10.8 Å². The highest BCUT2D eigenvalue weighted by Gasteiger charge is 2.19. The van der Waals surface area contributed by atoms with Crippen LogP contribution >= 0.6 is 34.7 Å². The molecule has 0 radical (unpaired) electrons. The first-order chi connectivity index (χ1) is 16.0. The van der Waals surface area contributed by atoms with Gasteiger partial charge in [0.2, 0.25) is 0 Å². The number of hydrogen-bond donors (Lipinski definition) is 0. The van der Waals surface area contributed by atoms with Crippen molar-refractivity contribution in [3.8, 4) is 16.3 Å². The van der Waals surface area contributed by atoms with E-state index in [-0.39, 0.29) is 6.10 Å². The Morgan fingerprint density at radius 3 is 2.52 bits per heavy atom. The Hall–Kier alpha value is -2.35. The highest BCUT2D eigenvalue weighted by atomic mass is 35.5. The molecule has 0 aliphatic rings. The summed E-state index contributed by atoms with van der Waals surface area (Å²) in [6.07, 6.45) is -0.206. The lowest BCUT2D eigenvalue weighted by atomic mass is 10.0. The summed E-state index contributed by atoms with van der Waals surface area (Å²) in [5.41, 5.74) is 3.26. The smallest absolute Gasteiger partial charge is 0.191 e. The first-order valence-corrected chi connectivity index (χ1v) is 13.2. The van der Waals surface area contributed by atoms with E-state index in [4.69, 9.17) is 21.3 Å². The molecule has 1 atom stereocenters. The predicted molar refractivity (Wildman–Crippen MR) is 137 cm³/mol. The fraction of sp³-hybridized carbons (Fsp3) is 0.320.